The SMILES string of the molecule is Cc1cc(COc2ccc([C@H](C)O)cc2Cl)on1. The van der Waals surface area contributed by atoms with Crippen molar-refractivity contribution >= 4 is 11.6 Å². The first-order valence-electron chi connectivity index (χ1n) is 5.59. The number of hydrogen-bond acceptors (Lipinski definition) is 4. The van der Waals surface area contributed by atoms with Crippen molar-refractivity contribution in [2.75, 3.05) is 0 Å². The number of rotatable bonds is 4. The molecule has 0 amide bonds. The topological polar surface area (TPSA) is 55.5 Å². The minimum Gasteiger partial charge on any atom is -0.484 e. The fraction of sp³-hybridized carbons (Fsp3) is 0.308. The number of aliphatic hydroxyl groups excluding tert-OH is 1. The van der Waals surface area contributed by atoms with Crippen LogP contribution < -0.4 is 4.74 Å². The van der Waals surface area contributed by atoms with E-state index in [-0.39, 0.29) is 6.61 Å². The standard InChI is InChI=1S/C13H14ClNO3/c1-8-5-11(18-15-8)7-17-13-4-3-10(9(2)16)6-12(13)14/h3-6,9,16H,7H2,1-2H3/t9-/m0/s1. The molecule has 1 heterocycles. The van der Waals surface area contributed by atoms with Gasteiger partial charge in [0.25, 0.3) is 0 Å². The fourth-order valence-corrected chi connectivity index (χ4v) is 1.77. The van der Waals surface area contributed by atoms with Gasteiger partial charge in [0.1, 0.15) is 12.4 Å². The lowest BCUT2D eigenvalue weighted by molar-refractivity contribution is 0.199. The van der Waals surface area contributed by atoms with Crippen LogP contribution in [0.3, 0.4) is 0 Å². The Kier molecular flexibility index (Phi) is 3.89. The molecule has 0 aliphatic carbocycles. The first-order valence-corrected chi connectivity index (χ1v) is 5.96. The summed E-state index contributed by atoms with van der Waals surface area (Å²) in [6, 6.07) is 7.00. The molecule has 4 nitrogen and oxygen atoms in total. The van der Waals surface area contributed by atoms with Crippen molar-refractivity contribution in [1.29, 1.82) is 0 Å². The second-order valence-corrected chi connectivity index (χ2v) is 4.50. The number of nitrogens with zero attached hydrogens (tertiary/aromatic N) is 1. The van der Waals surface area contributed by atoms with E-state index < -0.39 is 6.10 Å². The van der Waals surface area contributed by atoms with Crippen LogP contribution in [0.2, 0.25) is 5.02 Å². The van der Waals surface area contributed by atoms with E-state index in [9.17, 15) is 5.11 Å². The number of ether oxygens (including phenoxy) is 1. The molecule has 0 aliphatic rings. The molecule has 0 saturated carbocycles. The quantitative estimate of drug-likeness (QED) is 0.924. The van der Waals surface area contributed by atoms with E-state index in [1.54, 1.807) is 31.2 Å². The predicted molar refractivity (Wildman–Crippen MR) is 67.7 cm³/mol. The van der Waals surface area contributed by atoms with Gasteiger partial charge < -0.3 is 14.4 Å². The lowest BCUT2D eigenvalue weighted by Gasteiger charge is -2.09. The molecule has 0 unspecified atom stereocenters. The number of aryl methyl sites for hydroxylation is 1. The van der Waals surface area contributed by atoms with Gasteiger partial charge in [-0.25, -0.2) is 0 Å². The van der Waals surface area contributed by atoms with Gasteiger partial charge in [-0.15, -0.1) is 0 Å². The molecule has 1 aromatic heterocycles. The molecule has 5 heteroatoms. The van der Waals surface area contributed by atoms with E-state index in [4.69, 9.17) is 20.9 Å². The van der Waals surface area contributed by atoms with E-state index in [1.165, 1.54) is 0 Å². The molecule has 1 atom stereocenters. The molecule has 0 bridgehead atoms. The van der Waals surface area contributed by atoms with Crippen LogP contribution in [0.1, 0.15) is 30.0 Å². The fourth-order valence-electron chi connectivity index (χ4n) is 1.53. The number of hydrogen-bond donors (Lipinski definition) is 1. The minimum atomic E-state index is -0.548. The summed E-state index contributed by atoms with van der Waals surface area (Å²) in [7, 11) is 0. The highest BCUT2D eigenvalue weighted by molar-refractivity contribution is 6.32. The van der Waals surface area contributed by atoms with Crippen LogP contribution in [-0.4, -0.2) is 10.3 Å². The average molecular weight is 268 g/mol. The summed E-state index contributed by atoms with van der Waals surface area (Å²) in [4.78, 5) is 0. The minimum absolute atomic E-state index is 0.272. The lowest BCUT2D eigenvalue weighted by atomic mass is 10.1. The van der Waals surface area contributed by atoms with Crippen LogP contribution in [0.15, 0.2) is 28.8 Å². The van der Waals surface area contributed by atoms with Crippen LogP contribution in [0.25, 0.3) is 0 Å². The van der Waals surface area contributed by atoms with Gasteiger partial charge in [0, 0.05) is 6.07 Å². The van der Waals surface area contributed by atoms with Crippen molar-refractivity contribution in [2.45, 2.75) is 26.6 Å². The smallest absolute Gasteiger partial charge is 0.174 e. The Morgan fingerprint density at radius 2 is 2.22 bits per heavy atom. The van der Waals surface area contributed by atoms with Gasteiger partial charge >= 0.3 is 0 Å². The zero-order chi connectivity index (χ0) is 13.1. The van der Waals surface area contributed by atoms with Gasteiger partial charge in [-0.2, -0.15) is 0 Å². The lowest BCUT2D eigenvalue weighted by Crippen LogP contribution is -1.96. The number of benzene rings is 1. The highest BCUT2D eigenvalue weighted by Gasteiger charge is 2.08. The van der Waals surface area contributed by atoms with E-state index in [0.29, 0.717) is 16.5 Å². The first kappa shape index (κ1) is 12.9. The molecule has 96 valence electrons. The second-order valence-electron chi connectivity index (χ2n) is 4.09. The summed E-state index contributed by atoms with van der Waals surface area (Å²) in [6.07, 6.45) is -0.548. The molecular weight excluding hydrogens is 254 g/mol. The number of aromatic nitrogens is 1. The third-order valence-corrected chi connectivity index (χ3v) is 2.78. The van der Waals surface area contributed by atoms with Crippen molar-refractivity contribution in [2.24, 2.45) is 0 Å². The van der Waals surface area contributed by atoms with Gasteiger partial charge in [0.2, 0.25) is 0 Å². The normalized spacial score (nSPS) is 12.4. The Labute approximate surface area is 110 Å². The van der Waals surface area contributed by atoms with Gasteiger partial charge in [0.15, 0.2) is 5.76 Å². The Hall–Kier alpha value is -1.52. The van der Waals surface area contributed by atoms with Gasteiger partial charge in [-0.3, -0.25) is 0 Å². The van der Waals surface area contributed by atoms with Crippen molar-refractivity contribution in [3.8, 4) is 5.75 Å². The Balaban J connectivity index is 2.05. The third-order valence-electron chi connectivity index (χ3n) is 2.49. The average Bonchev–Trinajstić information content (AvgIpc) is 2.73. The van der Waals surface area contributed by atoms with E-state index in [0.717, 1.165) is 11.3 Å². The number of halogens is 1. The summed E-state index contributed by atoms with van der Waals surface area (Å²) >= 11 is 6.06. The maximum atomic E-state index is 9.43. The first-order chi connectivity index (χ1) is 8.56. The van der Waals surface area contributed by atoms with Crippen molar-refractivity contribution in [3.63, 3.8) is 0 Å². The summed E-state index contributed by atoms with van der Waals surface area (Å²) < 4.78 is 10.6. The zero-order valence-corrected chi connectivity index (χ0v) is 10.9. The molecule has 1 N–H and O–H groups in total. The summed E-state index contributed by atoms with van der Waals surface area (Å²) in [5.41, 5.74) is 1.56. The molecule has 1 aromatic carbocycles. The molecule has 18 heavy (non-hydrogen) atoms. The molecular formula is C13H14ClNO3. The van der Waals surface area contributed by atoms with E-state index >= 15 is 0 Å². The van der Waals surface area contributed by atoms with Crippen LogP contribution >= 0.6 is 11.6 Å². The largest absolute Gasteiger partial charge is 0.484 e. The highest BCUT2D eigenvalue weighted by Crippen LogP contribution is 2.28. The molecule has 2 aromatic rings. The van der Waals surface area contributed by atoms with Crippen LogP contribution in [0.4, 0.5) is 0 Å². The van der Waals surface area contributed by atoms with Crippen LogP contribution in [0, 0.1) is 6.92 Å². The van der Waals surface area contributed by atoms with E-state index in [2.05, 4.69) is 5.16 Å². The monoisotopic (exact) mass is 267 g/mol. The van der Waals surface area contributed by atoms with Crippen LogP contribution in [-0.2, 0) is 6.61 Å². The molecule has 0 radical (unpaired) electrons. The Morgan fingerprint density at radius 3 is 2.78 bits per heavy atom. The van der Waals surface area contributed by atoms with Gasteiger partial charge in [-0.1, -0.05) is 22.8 Å². The highest BCUT2D eigenvalue weighted by atomic mass is 35.5. The maximum Gasteiger partial charge on any atom is 0.174 e. The van der Waals surface area contributed by atoms with Crippen molar-refractivity contribution < 1.29 is 14.4 Å². The van der Waals surface area contributed by atoms with Gasteiger partial charge in [-0.05, 0) is 31.5 Å². The summed E-state index contributed by atoms with van der Waals surface area (Å²) in [5.74, 6) is 1.19. The Bertz CT molecular complexity index is 537. The number of aliphatic hydroxyl groups is 1. The molecule has 0 saturated heterocycles. The summed E-state index contributed by atoms with van der Waals surface area (Å²) in [6.45, 7) is 3.80. The third kappa shape index (κ3) is 3.03. The van der Waals surface area contributed by atoms with Crippen LogP contribution in [0.5, 0.6) is 5.75 Å². The molecule has 2 rings (SSSR count). The van der Waals surface area contributed by atoms with Crippen molar-refractivity contribution in [1.82, 2.24) is 5.16 Å². The zero-order valence-electron chi connectivity index (χ0n) is 10.2. The summed E-state index contributed by atoms with van der Waals surface area (Å²) in [5, 5.41) is 13.7. The van der Waals surface area contributed by atoms with Gasteiger partial charge in [0.05, 0.1) is 16.8 Å². The molecule has 0 spiro atoms. The Morgan fingerprint density at radius 1 is 1.44 bits per heavy atom. The van der Waals surface area contributed by atoms with Crippen molar-refractivity contribution in [3.05, 3.63) is 46.3 Å². The maximum absolute atomic E-state index is 9.43. The predicted octanol–water partition coefficient (Wildman–Crippen LogP) is 3.27. The second kappa shape index (κ2) is 5.42. The molecule has 0 aliphatic heterocycles. The van der Waals surface area contributed by atoms with E-state index in [1.807, 2.05) is 6.92 Å². The molecule has 0 fully saturated rings.